The molecule has 2 rings (SSSR count). The highest BCUT2D eigenvalue weighted by Crippen LogP contribution is 2.24. The van der Waals surface area contributed by atoms with Gasteiger partial charge in [-0.3, -0.25) is 0 Å². The third kappa shape index (κ3) is 3.08. The smallest absolute Gasteiger partial charge is 0.256 e. The molecule has 1 heterocycles. The van der Waals surface area contributed by atoms with Gasteiger partial charge in [-0.15, -0.1) is 0 Å². The van der Waals surface area contributed by atoms with E-state index in [2.05, 4.69) is 4.98 Å². The second kappa shape index (κ2) is 5.33. The molecule has 0 atom stereocenters. The zero-order chi connectivity index (χ0) is 12.3. The number of aromatic nitrogens is 1. The minimum absolute atomic E-state index is 0.258. The number of nitrogens with zero attached hydrogens (tertiary/aromatic N) is 1. The molecule has 17 heavy (non-hydrogen) atoms. The average molecular weight is 252 g/mol. The van der Waals surface area contributed by atoms with E-state index >= 15 is 0 Å². The van der Waals surface area contributed by atoms with E-state index in [1.54, 1.807) is 12.3 Å². The Kier molecular flexibility index (Phi) is 3.81. The number of rotatable bonds is 4. The fourth-order valence-electron chi connectivity index (χ4n) is 1.46. The summed E-state index contributed by atoms with van der Waals surface area (Å²) in [6, 6.07) is 4.66. The Morgan fingerprint density at radius 3 is 2.88 bits per heavy atom. The van der Waals surface area contributed by atoms with Gasteiger partial charge in [-0.05, 0) is 30.2 Å². The molecule has 0 amide bonds. The topological polar surface area (TPSA) is 52.0 Å². The maximum atomic E-state index is 13.0. The van der Waals surface area contributed by atoms with Crippen LogP contribution >= 0.6 is 11.8 Å². The molecule has 0 saturated carbocycles. The van der Waals surface area contributed by atoms with Gasteiger partial charge in [0.1, 0.15) is 12.1 Å². The first-order valence-electron chi connectivity index (χ1n) is 5.21. The van der Waals surface area contributed by atoms with E-state index in [-0.39, 0.29) is 5.82 Å². The normalized spacial score (nSPS) is 10.8. The largest absolute Gasteiger partial charge is 0.440 e. The van der Waals surface area contributed by atoms with Crippen molar-refractivity contribution in [2.24, 2.45) is 5.73 Å². The molecule has 2 N–H and O–H groups in total. The Bertz CT molecular complexity index is 513. The maximum Gasteiger partial charge on any atom is 0.256 e. The number of aryl methyl sites for hydroxylation is 1. The summed E-state index contributed by atoms with van der Waals surface area (Å²) in [5.41, 5.74) is 8.26. The average Bonchev–Trinajstić information content (AvgIpc) is 2.73. The molecule has 0 aliphatic rings. The number of benzene rings is 1. The molecule has 1 aromatic carbocycles. The minimum atomic E-state index is -0.258. The summed E-state index contributed by atoms with van der Waals surface area (Å²) < 4.78 is 18.2. The van der Waals surface area contributed by atoms with Gasteiger partial charge in [-0.1, -0.05) is 17.8 Å². The number of nitrogens with two attached hydrogens (primary N) is 1. The van der Waals surface area contributed by atoms with Crippen molar-refractivity contribution in [1.82, 2.24) is 4.98 Å². The van der Waals surface area contributed by atoms with Crippen molar-refractivity contribution >= 4 is 11.8 Å². The van der Waals surface area contributed by atoms with Crippen LogP contribution < -0.4 is 5.73 Å². The molecule has 3 nitrogen and oxygen atoms in total. The lowest BCUT2D eigenvalue weighted by molar-refractivity contribution is 0.454. The van der Waals surface area contributed by atoms with Crippen LogP contribution in [0.3, 0.4) is 0 Å². The number of thioether (sulfide) groups is 1. The monoisotopic (exact) mass is 252 g/mol. The Morgan fingerprint density at radius 1 is 1.41 bits per heavy atom. The van der Waals surface area contributed by atoms with Crippen molar-refractivity contribution in [3.63, 3.8) is 0 Å². The number of halogens is 1. The molecule has 2 aromatic rings. The van der Waals surface area contributed by atoms with Crippen LogP contribution in [0.2, 0.25) is 0 Å². The van der Waals surface area contributed by atoms with Crippen molar-refractivity contribution in [2.45, 2.75) is 24.4 Å². The third-order valence-electron chi connectivity index (χ3n) is 2.34. The van der Waals surface area contributed by atoms with Crippen molar-refractivity contribution in [1.29, 1.82) is 0 Å². The van der Waals surface area contributed by atoms with Crippen molar-refractivity contribution in [3.05, 3.63) is 47.1 Å². The predicted octanol–water partition coefficient (Wildman–Crippen LogP) is 2.87. The summed E-state index contributed by atoms with van der Waals surface area (Å²) >= 11 is 1.47. The molecule has 0 radical (unpaired) electrons. The van der Waals surface area contributed by atoms with E-state index in [9.17, 15) is 4.39 Å². The summed E-state index contributed by atoms with van der Waals surface area (Å²) in [7, 11) is 0. The fourth-order valence-corrected chi connectivity index (χ4v) is 2.35. The molecule has 1 aromatic heterocycles. The van der Waals surface area contributed by atoms with E-state index in [1.807, 2.05) is 6.92 Å². The molecule has 0 fully saturated rings. The molecule has 0 aliphatic carbocycles. The Labute approximate surface area is 103 Å². The van der Waals surface area contributed by atoms with Crippen LogP contribution in [-0.4, -0.2) is 4.98 Å². The van der Waals surface area contributed by atoms with E-state index in [0.29, 0.717) is 17.5 Å². The fraction of sp³-hybridized carbons (Fsp3) is 0.250. The molecular formula is C12H13FN2OS. The standard InChI is InChI=1S/C12H13FN2OS/c1-8-6-16-12(15-8)17-7-9-2-3-11(13)4-10(9)5-14/h2-4,6H,5,7,14H2,1H3. The third-order valence-corrected chi connectivity index (χ3v) is 3.23. The molecule has 0 saturated heterocycles. The summed E-state index contributed by atoms with van der Waals surface area (Å²) in [4.78, 5) is 4.19. The van der Waals surface area contributed by atoms with Crippen LogP contribution in [0.4, 0.5) is 4.39 Å². The van der Waals surface area contributed by atoms with Gasteiger partial charge in [-0.25, -0.2) is 9.37 Å². The molecule has 0 aliphatic heterocycles. The predicted molar refractivity (Wildman–Crippen MR) is 65.1 cm³/mol. The van der Waals surface area contributed by atoms with Gasteiger partial charge in [0.05, 0.1) is 5.69 Å². The molecular weight excluding hydrogens is 239 g/mol. The van der Waals surface area contributed by atoms with Crippen LogP contribution in [0.25, 0.3) is 0 Å². The highest BCUT2D eigenvalue weighted by atomic mass is 32.2. The quantitative estimate of drug-likeness (QED) is 0.850. The zero-order valence-corrected chi connectivity index (χ0v) is 10.3. The van der Waals surface area contributed by atoms with Crippen LogP contribution in [-0.2, 0) is 12.3 Å². The summed E-state index contributed by atoms with van der Waals surface area (Å²) in [6.45, 7) is 2.20. The van der Waals surface area contributed by atoms with Gasteiger partial charge in [0.15, 0.2) is 0 Å². The molecule has 0 bridgehead atoms. The summed E-state index contributed by atoms with van der Waals surface area (Å²) in [5, 5.41) is 0.620. The first-order chi connectivity index (χ1) is 8.19. The number of hydrogen-bond acceptors (Lipinski definition) is 4. The lowest BCUT2D eigenvalue weighted by atomic mass is 10.1. The summed E-state index contributed by atoms with van der Waals surface area (Å²) in [6.07, 6.45) is 1.61. The highest BCUT2D eigenvalue weighted by Gasteiger charge is 2.06. The second-order valence-electron chi connectivity index (χ2n) is 3.66. The number of hydrogen-bond donors (Lipinski definition) is 1. The van der Waals surface area contributed by atoms with E-state index in [0.717, 1.165) is 16.8 Å². The number of oxazole rings is 1. The second-order valence-corrected chi connectivity index (χ2v) is 4.59. The SMILES string of the molecule is Cc1coc(SCc2ccc(F)cc2CN)n1. The molecule has 90 valence electrons. The van der Waals surface area contributed by atoms with Gasteiger partial charge >= 0.3 is 0 Å². The summed E-state index contributed by atoms with van der Waals surface area (Å²) in [5.74, 6) is 0.415. The first-order valence-corrected chi connectivity index (χ1v) is 6.20. The van der Waals surface area contributed by atoms with E-state index in [4.69, 9.17) is 10.2 Å². The van der Waals surface area contributed by atoms with Gasteiger partial charge in [0.2, 0.25) is 0 Å². The van der Waals surface area contributed by atoms with Crippen LogP contribution in [0.15, 0.2) is 34.1 Å². The van der Waals surface area contributed by atoms with E-state index in [1.165, 1.54) is 23.9 Å². The van der Waals surface area contributed by atoms with Gasteiger partial charge < -0.3 is 10.2 Å². The lowest BCUT2D eigenvalue weighted by Crippen LogP contribution is -2.01. The van der Waals surface area contributed by atoms with Crippen LogP contribution in [0.1, 0.15) is 16.8 Å². The van der Waals surface area contributed by atoms with Gasteiger partial charge in [0.25, 0.3) is 5.22 Å². The Hall–Kier alpha value is -1.33. The van der Waals surface area contributed by atoms with Crippen molar-refractivity contribution < 1.29 is 8.81 Å². The highest BCUT2D eigenvalue weighted by molar-refractivity contribution is 7.98. The van der Waals surface area contributed by atoms with Gasteiger partial charge in [-0.2, -0.15) is 0 Å². The van der Waals surface area contributed by atoms with Crippen LogP contribution in [0, 0.1) is 12.7 Å². The maximum absolute atomic E-state index is 13.0. The van der Waals surface area contributed by atoms with Crippen molar-refractivity contribution in [2.75, 3.05) is 0 Å². The minimum Gasteiger partial charge on any atom is -0.440 e. The lowest BCUT2D eigenvalue weighted by Gasteiger charge is -2.06. The Balaban J connectivity index is 2.08. The molecule has 0 unspecified atom stereocenters. The Morgan fingerprint density at radius 2 is 2.24 bits per heavy atom. The van der Waals surface area contributed by atoms with Crippen molar-refractivity contribution in [3.8, 4) is 0 Å². The van der Waals surface area contributed by atoms with Crippen LogP contribution in [0.5, 0.6) is 0 Å². The zero-order valence-electron chi connectivity index (χ0n) is 9.44. The first kappa shape index (κ1) is 12.1. The molecule has 5 heteroatoms. The molecule has 0 spiro atoms. The van der Waals surface area contributed by atoms with E-state index < -0.39 is 0 Å². The van der Waals surface area contributed by atoms with Gasteiger partial charge in [0, 0.05) is 12.3 Å².